The van der Waals surface area contributed by atoms with Gasteiger partial charge in [-0.1, -0.05) is 75.4 Å². The monoisotopic (exact) mass is 959 g/mol. The van der Waals surface area contributed by atoms with E-state index < -0.39 is 89.8 Å². The van der Waals surface area contributed by atoms with Gasteiger partial charge in [0.05, 0.1) is 48.0 Å². The van der Waals surface area contributed by atoms with Crippen molar-refractivity contribution in [3.63, 3.8) is 0 Å². The predicted molar refractivity (Wildman–Crippen MR) is 254 cm³/mol. The van der Waals surface area contributed by atoms with Gasteiger partial charge in [-0.3, -0.25) is 28.8 Å². The zero-order valence-corrected chi connectivity index (χ0v) is 38.5. The number of nitrogens with zero attached hydrogens (tertiary/aromatic N) is 2. The maximum Gasteiger partial charge on any atom is 0.355 e. The van der Waals surface area contributed by atoms with E-state index >= 15 is 0 Å². The van der Waals surface area contributed by atoms with Crippen molar-refractivity contribution < 1.29 is 53.2 Å². The molecule has 3 amide bonds. The minimum absolute atomic E-state index is 0.109. The second-order valence-corrected chi connectivity index (χ2v) is 17.3. The number of rotatable bonds is 18. The molecule has 0 aliphatic carbocycles. The summed E-state index contributed by atoms with van der Waals surface area (Å²) in [7, 11) is 0. The van der Waals surface area contributed by atoms with Crippen molar-refractivity contribution in [2.75, 3.05) is 11.9 Å². The number of para-hydroxylation sites is 1. The lowest BCUT2D eigenvalue weighted by molar-refractivity contribution is -0.191. The van der Waals surface area contributed by atoms with Gasteiger partial charge in [0.1, 0.15) is 18.7 Å². The first-order valence-corrected chi connectivity index (χ1v) is 22.5. The van der Waals surface area contributed by atoms with E-state index in [4.69, 9.17) is 26.7 Å². The number of anilines is 1. The highest BCUT2D eigenvalue weighted by atomic mass is 32.1. The summed E-state index contributed by atoms with van der Waals surface area (Å²) in [5, 5.41) is 33.0. The molecule has 2 aromatic heterocycles. The van der Waals surface area contributed by atoms with E-state index in [1.54, 1.807) is 67.8 Å². The molecule has 0 spiro atoms. The van der Waals surface area contributed by atoms with E-state index in [-0.39, 0.29) is 59.9 Å². The van der Waals surface area contributed by atoms with E-state index in [1.807, 2.05) is 30.3 Å². The van der Waals surface area contributed by atoms with Gasteiger partial charge in [-0.25, -0.2) is 14.6 Å². The van der Waals surface area contributed by atoms with Crippen LogP contribution in [0.25, 0.3) is 22.3 Å². The van der Waals surface area contributed by atoms with Crippen molar-refractivity contribution >= 4 is 75.5 Å². The lowest BCUT2D eigenvalue weighted by Crippen LogP contribution is -2.56. The van der Waals surface area contributed by atoms with Gasteiger partial charge in [0, 0.05) is 34.2 Å². The summed E-state index contributed by atoms with van der Waals surface area (Å²) in [5.74, 6) is -6.99. The number of amides is 3. The van der Waals surface area contributed by atoms with Gasteiger partial charge in [0.25, 0.3) is 11.5 Å². The molecule has 4 heterocycles. The average molecular weight is 960 g/mol. The van der Waals surface area contributed by atoms with Gasteiger partial charge in [0.15, 0.2) is 5.11 Å². The minimum Gasteiger partial charge on any atom is -0.481 e. The smallest absolute Gasteiger partial charge is 0.355 e. The van der Waals surface area contributed by atoms with Crippen LogP contribution in [0.4, 0.5) is 5.69 Å². The van der Waals surface area contributed by atoms with Gasteiger partial charge in [-0.05, 0) is 72.9 Å². The second-order valence-electron chi connectivity index (χ2n) is 16.9. The van der Waals surface area contributed by atoms with Crippen LogP contribution in [0.2, 0.25) is 0 Å². The zero-order chi connectivity index (χ0) is 49.6. The molecule has 0 saturated heterocycles. The van der Waals surface area contributed by atoms with Gasteiger partial charge < -0.3 is 50.8 Å². The topological polar surface area (TPSA) is 273 Å². The molecule has 4 atom stereocenters. The summed E-state index contributed by atoms with van der Waals surface area (Å²) in [6.45, 7) is 4.29. The molecular weight excluding hydrogens is 911 g/mol. The van der Waals surface area contributed by atoms with Gasteiger partial charge >= 0.3 is 23.9 Å². The number of hydrogen-bond donors (Lipinski definition) is 7. The Bertz CT molecular complexity index is 2940. The van der Waals surface area contributed by atoms with Crippen molar-refractivity contribution in [2.24, 2.45) is 5.92 Å². The third-order valence-corrected chi connectivity index (χ3v) is 12.1. The summed E-state index contributed by atoms with van der Waals surface area (Å²) >= 11 is 5.49. The summed E-state index contributed by atoms with van der Waals surface area (Å²) in [6.07, 6.45) is -1.27. The number of carboxylic acids is 2. The number of cyclic esters (lactones) is 1. The Labute approximate surface area is 400 Å². The summed E-state index contributed by atoms with van der Waals surface area (Å²) in [6, 6.07) is 22.0. The van der Waals surface area contributed by atoms with Crippen LogP contribution in [0, 0.1) is 5.92 Å². The second kappa shape index (κ2) is 20.9. The van der Waals surface area contributed by atoms with Crippen LogP contribution >= 0.6 is 12.2 Å². The fourth-order valence-corrected chi connectivity index (χ4v) is 8.55. The van der Waals surface area contributed by atoms with E-state index in [1.165, 1.54) is 18.2 Å². The molecule has 0 radical (unpaired) electrons. The fourth-order valence-electron chi connectivity index (χ4n) is 8.29. The molecule has 2 aliphatic heterocycles. The molecule has 7 rings (SSSR count). The summed E-state index contributed by atoms with van der Waals surface area (Å²) < 4.78 is 13.1. The SMILES string of the molecule is CC[C@@]1(OC(=O)[C@H](NC(=O)[C@H](CCC(=O)O)NC(=S)Nc2cccc(C(=O)NCC(=O)NC(CC(=O)O)c3ccccc3)c2)C(C)C)C(=O)OCc2c1cc1n(c2=O)Cc2cc3ccccc3nc2-1. The molecule has 1 unspecified atom stereocenters. The van der Waals surface area contributed by atoms with Crippen molar-refractivity contribution in [2.45, 2.75) is 83.3 Å². The third kappa shape index (κ3) is 10.9. The van der Waals surface area contributed by atoms with Crippen LogP contribution in [-0.4, -0.2) is 85.1 Å². The lowest BCUT2D eigenvalue weighted by Gasteiger charge is -2.37. The van der Waals surface area contributed by atoms with Crippen molar-refractivity contribution in [1.82, 2.24) is 30.8 Å². The van der Waals surface area contributed by atoms with Gasteiger partial charge in [0.2, 0.25) is 17.4 Å². The Balaban J connectivity index is 1.03. The molecule has 19 nitrogen and oxygen atoms in total. The molecule has 0 bridgehead atoms. The highest BCUT2D eigenvalue weighted by Crippen LogP contribution is 2.41. The number of hydrogen-bond acceptors (Lipinski definition) is 12. The van der Waals surface area contributed by atoms with Crippen molar-refractivity contribution in [1.29, 1.82) is 0 Å². The van der Waals surface area contributed by atoms with Crippen LogP contribution in [0.5, 0.6) is 0 Å². The summed E-state index contributed by atoms with van der Waals surface area (Å²) in [5.41, 5.74) is 1.24. The van der Waals surface area contributed by atoms with Crippen molar-refractivity contribution in [3.8, 4) is 11.4 Å². The number of ether oxygens (including phenoxy) is 2. The number of carboxylic acid groups (broad SMARTS) is 2. The molecule has 7 N–H and O–H groups in total. The molecule has 0 saturated carbocycles. The largest absolute Gasteiger partial charge is 0.481 e. The molecule has 2 aliphatic rings. The summed E-state index contributed by atoms with van der Waals surface area (Å²) in [4.78, 5) is 110. The highest BCUT2D eigenvalue weighted by Gasteiger charge is 2.51. The fraction of sp³-hybridized carbons (Fsp3) is 0.306. The highest BCUT2D eigenvalue weighted by molar-refractivity contribution is 7.80. The number of benzene rings is 3. The molecule has 0 fully saturated rings. The zero-order valence-electron chi connectivity index (χ0n) is 37.7. The number of fused-ring (bicyclic) bond motifs is 5. The lowest BCUT2D eigenvalue weighted by atomic mass is 9.85. The van der Waals surface area contributed by atoms with Crippen LogP contribution in [0.3, 0.4) is 0 Å². The molecule has 358 valence electrons. The maximum atomic E-state index is 14.3. The van der Waals surface area contributed by atoms with E-state index in [9.17, 15) is 48.6 Å². The van der Waals surface area contributed by atoms with Crippen molar-refractivity contribution in [3.05, 3.63) is 129 Å². The first kappa shape index (κ1) is 48.9. The number of esters is 2. The number of pyridine rings is 2. The Morgan fingerprint density at radius 1 is 0.899 bits per heavy atom. The Morgan fingerprint density at radius 2 is 1.64 bits per heavy atom. The first-order chi connectivity index (χ1) is 33.0. The number of carbonyl (C=O) groups is 7. The van der Waals surface area contributed by atoms with Gasteiger partial charge in [-0.15, -0.1) is 0 Å². The first-order valence-electron chi connectivity index (χ1n) is 22.1. The molecular formula is C49H49N7O12S. The molecule has 20 heteroatoms. The van der Waals surface area contributed by atoms with Crippen LogP contribution in [0.1, 0.15) is 85.1 Å². The minimum atomic E-state index is -2.07. The number of nitrogens with one attached hydrogen (secondary N) is 5. The van der Waals surface area contributed by atoms with Crippen LogP contribution < -0.4 is 32.1 Å². The standard InChI is InChI=1S/C49H49N7O12S/c1-4-49(33-21-37-42-30(19-28-13-8-9-16-34(28)53-42)24-56(37)45(64)32(33)25-67-47(49)66)68-46(65)41(26(2)3)55-44(63)35(17-18-39(58)59)54-48(69)51-31-15-10-14-29(20-31)43(62)50-23-38(57)52-36(22-40(60)61)27-11-6-5-7-12-27/h5-16,19-21,26,35-36,41H,4,17-18,22-25H2,1-3H3,(H,50,62)(H,52,57)(H,55,63)(H,58,59)(H,60,61)(H2,51,54,69)/t35-,36?,41+,49-/m0/s1. The van der Waals surface area contributed by atoms with Crippen LogP contribution in [-0.2, 0) is 57.0 Å². The quantitative estimate of drug-likeness (QED) is 0.0473. The molecule has 69 heavy (non-hydrogen) atoms. The molecule has 5 aromatic rings. The van der Waals surface area contributed by atoms with E-state index in [0.717, 1.165) is 10.9 Å². The Kier molecular flexibility index (Phi) is 14.8. The molecule has 3 aromatic carbocycles. The van der Waals surface area contributed by atoms with E-state index in [2.05, 4.69) is 26.6 Å². The predicted octanol–water partition coefficient (Wildman–Crippen LogP) is 4.05. The Hall–Kier alpha value is -8.00. The van der Waals surface area contributed by atoms with E-state index in [0.29, 0.717) is 22.5 Å². The third-order valence-electron chi connectivity index (χ3n) is 11.9. The van der Waals surface area contributed by atoms with Crippen LogP contribution in [0.15, 0.2) is 95.8 Å². The number of aliphatic carboxylic acids is 2. The maximum absolute atomic E-state index is 14.3. The van der Waals surface area contributed by atoms with Gasteiger partial charge in [-0.2, -0.15) is 0 Å². The normalized spacial score (nSPS) is 15.8. The number of aromatic nitrogens is 2. The number of carbonyl (C=O) groups excluding carboxylic acids is 5. The average Bonchev–Trinajstić information content (AvgIpc) is 3.68. The number of thiocarbonyl (C=S) groups is 1. The Morgan fingerprint density at radius 3 is 2.35 bits per heavy atom.